The highest BCUT2D eigenvalue weighted by molar-refractivity contribution is 5.94. The van der Waals surface area contributed by atoms with E-state index in [9.17, 15) is 23.2 Å². The molecule has 1 amide bonds. The second-order valence-electron chi connectivity index (χ2n) is 8.05. The van der Waals surface area contributed by atoms with E-state index in [1.165, 1.54) is 36.9 Å². The fourth-order valence-corrected chi connectivity index (χ4v) is 3.97. The van der Waals surface area contributed by atoms with Gasteiger partial charge in [-0.2, -0.15) is 0 Å². The van der Waals surface area contributed by atoms with Crippen molar-refractivity contribution in [1.29, 1.82) is 0 Å². The Labute approximate surface area is 182 Å². The molecule has 1 aliphatic rings. The smallest absolute Gasteiger partial charge is 0.332 e. The lowest BCUT2D eigenvalue weighted by Crippen LogP contribution is -2.44. The molecule has 10 heteroatoms. The zero-order valence-electron chi connectivity index (χ0n) is 17.8. The van der Waals surface area contributed by atoms with Crippen molar-refractivity contribution >= 4 is 16.9 Å². The third-order valence-corrected chi connectivity index (χ3v) is 5.85. The second-order valence-corrected chi connectivity index (χ2v) is 8.05. The summed E-state index contributed by atoms with van der Waals surface area (Å²) in [5.41, 5.74) is 0.0116. The quantitative estimate of drug-likeness (QED) is 0.657. The number of benzene rings is 1. The van der Waals surface area contributed by atoms with Crippen LogP contribution < -0.4 is 16.6 Å². The van der Waals surface area contributed by atoms with Crippen molar-refractivity contribution in [1.82, 2.24) is 24.3 Å². The Morgan fingerprint density at radius 2 is 1.78 bits per heavy atom. The molecule has 1 aliphatic heterocycles. The number of rotatable bonds is 4. The van der Waals surface area contributed by atoms with Gasteiger partial charge in [-0.1, -0.05) is 6.07 Å². The van der Waals surface area contributed by atoms with Crippen LogP contribution in [0.25, 0.3) is 11.0 Å². The number of fused-ring (bicyclic) bond motifs is 1. The summed E-state index contributed by atoms with van der Waals surface area (Å²) < 4.78 is 28.7. The van der Waals surface area contributed by atoms with Crippen molar-refractivity contribution in [3.05, 3.63) is 74.1 Å². The first-order chi connectivity index (χ1) is 15.2. The summed E-state index contributed by atoms with van der Waals surface area (Å²) in [7, 11) is 2.89. The molecule has 1 saturated heterocycles. The average Bonchev–Trinajstić information content (AvgIpc) is 2.79. The lowest BCUT2D eigenvalue weighted by molar-refractivity contribution is 0.0904. The van der Waals surface area contributed by atoms with Crippen LogP contribution >= 0.6 is 0 Å². The standard InChI is InChI=1S/C22H23F2N5O3/c1-27-19-15(21(31)28(2)22(27)32)4-6-18(26-19)20(30)25-14-7-9-29(10-8-14)12-13-3-5-16(23)17(24)11-13/h3-6,11,14H,7-10,12H2,1-2H3,(H,25,30). The Kier molecular flexibility index (Phi) is 5.88. The minimum absolute atomic E-state index is 0.0614. The maximum Gasteiger partial charge on any atom is 0.332 e. The third kappa shape index (κ3) is 4.18. The molecular weight excluding hydrogens is 420 g/mol. The van der Waals surface area contributed by atoms with Crippen molar-refractivity contribution in [3.63, 3.8) is 0 Å². The van der Waals surface area contributed by atoms with Gasteiger partial charge in [0.15, 0.2) is 11.6 Å². The predicted octanol–water partition coefficient (Wildman–Crippen LogP) is 1.30. The highest BCUT2D eigenvalue weighted by Crippen LogP contribution is 2.16. The van der Waals surface area contributed by atoms with Crippen LogP contribution in [0.2, 0.25) is 0 Å². The normalized spacial score (nSPS) is 15.2. The number of amides is 1. The monoisotopic (exact) mass is 443 g/mol. The number of aryl methyl sites for hydroxylation is 1. The van der Waals surface area contributed by atoms with Crippen LogP contribution in [-0.4, -0.2) is 44.1 Å². The number of pyridine rings is 1. The van der Waals surface area contributed by atoms with Crippen molar-refractivity contribution in [3.8, 4) is 0 Å². The summed E-state index contributed by atoms with van der Waals surface area (Å²) in [5, 5.41) is 3.21. The Morgan fingerprint density at radius 3 is 2.47 bits per heavy atom. The van der Waals surface area contributed by atoms with Crippen LogP contribution in [-0.2, 0) is 20.6 Å². The van der Waals surface area contributed by atoms with Gasteiger partial charge in [-0.25, -0.2) is 18.6 Å². The van der Waals surface area contributed by atoms with Gasteiger partial charge in [0.1, 0.15) is 11.3 Å². The molecule has 0 spiro atoms. The molecule has 0 bridgehead atoms. The lowest BCUT2D eigenvalue weighted by atomic mass is 10.0. The summed E-state index contributed by atoms with van der Waals surface area (Å²) in [6, 6.07) is 6.81. The van der Waals surface area contributed by atoms with E-state index in [2.05, 4.69) is 15.2 Å². The molecule has 32 heavy (non-hydrogen) atoms. The summed E-state index contributed by atoms with van der Waals surface area (Å²) >= 11 is 0. The SMILES string of the molecule is Cn1c(=O)c2ccc(C(=O)NC3CCN(Cc4ccc(F)c(F)c4)CC3)nc2n(C)c1=O. The molecule has 3 heterocycles. The molecule has 1 N–H and O–H groups in total. The van der Waals surface area contributed by atoms with Gasteiger partial charge in [0.2, 0.25) is 0 Å². The summed E-state index contributed by atoms with van der Waals surface area (Å²) in [6.45, 7) is 1.90. The number of hydrogen-bond acceptors (Lipinski definition) is 5. The van der Waals surface area contributed by atoms with Gasteiger partial charge in [0, 0.05) is 39.8 Å². The minimum Gasteiger partial charge on any atom is -0.348 e. The van der Waals surface area contributed by atoms with E-state index in [1.807, 2.05) is 0 Å². The summed E-state index contributed by atoms with van der Waals surface area (Å²) in [4.78, 5) is 43.5. The molecule has 0 unspecified atom stereocenters. The number of likely N-dealkylation sites (tertiary alicyclic amines) is 1. The number of piperidine rings is 1. The Bertz CT molecular complexity index is 1310. The molecule has 0 aliphatic carbocycles. The molecule has 4 rings (SSSR count). The predicted molar refractivity (Wildman–Crippen MR) is 114 cm³/mol. The molecule has 2 aromatic heterocycles. The molecule has 0 saturated carbocycles. The van der Waals surface area contributed by atoms with Gasteiger partial charge in [-0.05, 0) is 42.7 Å². The van der Waals surface area contributed by atoms with E-state index in [-0.39, 0.29) is 28.7 Å². The van der Waals surface area contributed by atoms with Gasteiger partial charge in [0.05, 0.1) is 5.39 Å². The highest BCUT2D eigenvalue weighted by atomic mass is 19.2. The molecule has 0 atom stereocenters. The number of hydrogen-bond donors (Lipinski definition) is 1. The average molecular weight is 443 g/mol. The molecular formula is C22H23F2N5O3. The fourth-order valence-electron chi connectivity index (χ4n) is 3.97. The Balaban J connectivity index is 1.40. The van der Waals surface area contributed by atoms with Crippen LogP contribution in [0.5, 0.6) is 0 Å². The number of halogens is 2. The van der Waals surface area contributed by atoms with Crippen molar-refractivity contribution in [2.45, 2.75) is 25.4 Å². The summed E-state index contributed by atoms with van der Waals surface area (Å²) in [5.74, 6) is -2.10. The largest absolute Gasteiger partial charge is 0.348 e. The second kappa shape index (κ2) is 8.62. The number of carbonyl (C=O) groups is 1. The van der Waals surface area contributed by atoms with Crippen LogP contribution in [0, 0.1) is 11.6 Å². The van der Waals surface area contributed by atoms with E-state index < -0.39 is 22.9 Å². The fraction of sp³-hybridized carbons (Fsp3) is 0.364. The molecule has 0 radical (unpaired) electrons. The van der Waals surface area contributed by atoms with Gasteiger partial charge in [0.25, 0.3) is 11.5 Å². The third-order valence-electron chi connectivity index (χ3n) is 5.85. The van der Waals surface area contributed by atoms with E-state index in [1.54, 1.807) is 6.07 Å². The van der Waals surface area contributed by atoms with Gasteiger partial charge >= 0.3 is 5.69 Å². The van der Waals surface area contributed by atoms with Crippen molar-refractivity contribution in [2.24, 2.45) is 14.1 Å². The molecule has 168 valence electrons. The maximum absolute atomic E-state index is 13.4. The van der Waals surface area contributed by atoms with E-state index in [0.29, 0.717) is 38.0 Å². The van der Waals surface area contributed by atoms with E-state index in [4.69, 9.17) is 0 Å². The number of nitrogens with one attached hydrogen (secondary N) is 1. The number of aromatic nitrogens is 3. The van der Waals surface area contributed by atoms with Crippen LogP contribution in [0.1, 0.15) is 28.9 Å². The molecule has 1 aromatic carbocycles. The van der Waals surface area contributed by atoms with Crippen molar-refractivity contribution in [2.75, 3.05) is 13.1 Å². The van der Waals surface area contributed by atoms with Gasteiger partial charge in [-0.15, -0.1) is 0 Å². The zero-order chi connectivity index (χ0) is 23.0. The van der Waals surface area contributed by atoms with Crippen LogP contribution in [0.4, 0.5) is 8.78 Å². The maximum atomic E-state index is 13.4. The number of nitrogens with zero attached hydrogens (tertiary/aromatic N) is 4. The first-order valence-corrected chi connectivity index (χ1v) is 10.3. The lowest BCUT2D eigenvalue weighted by Gasteiger charge is -2.32. The van der Waals surface area contributed by atoms with E-state index >= 15 is 0 Å². The Hall–Kier alpha value is -3.40. The molecule has 8 nitrogen and oxygen atoms in total. The molecule has 3 aromatic rings. The van der Waals surface area contributed by atoms with E-state index in [0.717, 1.165) is 10.6 Å². The van der Waals surface area contributed by atoms with Crippen LogP contribution in [0.15, 0.2) is 39.9 Å². The first-order valence-electron chi connectivity index (χ1n) is 10.3. The van der Waals surface area contributed by atoms with Crippen LogP contribution in [0.3, 0.4) is 0 Å². The number of carbonyl (C=O) groups excluding carboxylic acids is 1. The van der Waals surface area contributed by atoms with Gasteiger partial charge < -0.3 is 5.32 Å². The molecule has 1 fully saturated rings. The highest BCUT2D eigenvalue weighted by Gasteiger charge is 2.22. The van der Waals surface area contributed by atoms with Gasteiger partial charge in [-0.3, -0.25) is 23.6 Å². The topological polar surface area (TPSA) is 89.2 Å². The first kappa shape index (κ1) is 21.8. The zero-order valence-corrected chi connectivity index (χ0v) is 17.8. The van der Waals surface area contributed by atoms with Crippen molar-refractivity contribution < 1.29 is 13.6 Å². The minimum atomic E-state index is -0.863. The summed E-state index contributed by atoms with van der Waals surface area (Å²) in [6.07, 6.45) is 1.39. The Morgan fingerprint density at radius 1 is 1.06 bits per heavy atom.